The number of sulfonamides is 1. The van der Waals surface area contributed by atoms with Crippen molar-refractivity contribution in [3.8, 4) is 5.75 Å². The highest BCUT2D eigenvalue weighted by atomic mass is 32.2. The minimum absolute atomic E-state index is 0.0655. The number of nitrogens with zero attached hydrogens (tertiary/aromatic N) is 1. The van der Waals surface area contributed by atoms with E-state index in [9.17, 15) is 12.6 Å². The SMILES string of the molecule is COc1cc(C)c(N)cc1S(=O)(=O)N1CCS(=O)CC1. The summed E-state index contributed by atoms with van der Waals surface area (Å²) in [6.07, 6.45) is 0. The van der Waals surface area contributed by atoms with Gasteiger partial charge in [0.1, 0.15) is 10.6 Å². The number of hydrogen-bond donors (Lipinski definition) is 1. The molecule has 0 aliphatic carbocycles. The number of ether oxygens (including phenoxy) is 1. The van der Waals surface area contributed by atoms with E-state index >= 15 is 0 Å². The summed E-state index contributed by atoms with van der Waals surface area (Å²) in [6, 6.07) is 3.04. The fourth-order valence-corrected chi connectivity index (χ4v) is 4.94. The Bertz CT molecular complexity index is 633. The number of anilines is 1. The van der Waals surface area contributed by atoms with E-state index in [0.29, 0.717) is 17.2 Å². The van der Waals surface area contributed by atoms with Crippen LogP contribution in [0.25, 0.3) is 0 Å². The van der Waals surface area contributed by atoms with Gasteiger partial charge in [0.2, 0.25) is 10.0 Å². The smallest absolute Gasteiger partial charge is 0.246 e. The van der Waals surface area contributed by atoms with Crippen LogP contribution < -0.4 is 10.5 Å². The number of hydrogen-bond acceptors (Lipinski definition) is 5. The molecule has 1 fully saturated rings. The molecule has 2 rings (SSSR count). The Morgan fingerprint density at radius 1 is 1.30 bits per heavy atom. The highest BCUT2D eigenvalue weighted by Gasteiger charge is 2.31. The van der Waals surface area contributed by atoms with Gasteiger partial charge in [-0.15, -0.1) is 0 Å². The molecule has 0 bridgehead atoms. The molecule has 1 aliphatic rings. The quantitative estimate of drug-likeness (QED) is 0.812. The van der Waals surface area contributed by atoms with Crippen LogP contribution in [0, 0.1) is 6.92 Å². The molecule has 1 aliphatic heterocycles. The lowest BCUT2D eigenvalue weighted by Gasteiger charge is -2.26. The van der Waals surface area contributed by atoms with Crippen LogP contribution in [-0.2, 0) is 20.8 Å². The molecule has 0 saturated carbocycles. The first kappa shape index (κ1) is 15.3. The second-order valence-corrected chi connectivity index (χ2v) is 8.21. The molecule has 1 aromatic rings. The maximum absolute atomic E-state index is 12.6. The van der Waals surface area contributed by atoms with Gasteiger partial charge < -0.3 is 10.5 Å². The summed E-state index contributed by atoms with van der Waals surface area (Å²) in [7, 11) is -3.18. The number of aryl methyl sites for hydroxylation is 1. The molecule has 20 heavy (non-hydrogen) atoms. The average molecular weight is 318 g/mol. The van der Waals surface area contributed by atoms with Crippen molar-refractivity contribution < 1.29 is 17.4 Å². The number of nitrogens with two attached hydrogens (primary N) is 1. The molecule has 1 aromatic carbocycles. The summed E-state index contributed by atoms with van der Waals surface area (Å²) >= 11 is 0. The monoisotopic (exact) mass is 318 g/mol. The topological polar surface area (TPSA) is 89.7 Å². The number of benzene rings is 1. The molecule has 1 saturated heterocycles. The third-order valence-electron chi connectivity index (χ3n) is 3.31. The zero-order valence-corrected chi connectivity index (χ0v) is 13.1. The molecule has 0 atom stereocenters. The van der Waals surface area contributed by atoms with E-state index < -0.39 is 20.8 Å². The maximum Gasteiger partial charge on any atom is 0.246 e. The van der Waals surface area contributed by atoms with Gasteiger partial charge in [-0.25, -0.2) is 8.42 Å². The maximum atomic E-state index is 12.6. The second-order valence-electron chi connectivity index (χ2n) is 4.61. The fourth-order valence-electron chi connectivity index (χ4n) is 2.04. The lowest BCUT2D eigenvalue weighted by atomic mass is 10.2. The Labute approximate surface area is 121 Å². The first-order valence-electron chi connectivity index (χ1n) is 6.15. The molecule has 2 N–H and O–H groups in total. The lowest BCUT2D eigenvalue weighted by Crippen LogP contribution is -2.41. The third kappa shape index (κ3) is 2.82. The Morgan fingerprint density at radius 3 is 2.45 bits per heavy atom. The van der Waals surface area contributed by atoms with Crippen molar-refractivity contribution in [3.63, 3.8) is 0 Å². The standard InChI is InChI=1S/C12H18N2O4S2/c1-9-7-11(18-2)12(8-10(9)13)20(16,17)14-3-5-19(15)6-4-14/h7-8H,3-6,13H2,1-2H3. The van der Waals surface area contributed by atoms with Crippen LogP contribution in [0.15, 0.2) is 17.0 Å². The Hall–Kier alpha value is -1.12. The van der Waals surface area contributed by atoms with Gasteiger partial charge in [0.25, 0.3) is 0 Å². The van der Waals surface area contributed by atoms with Gasteiger partial charge >= 0.3 is 0 Å². The van der Waals surface area contributed by atoms with Crippen molar-refractivity contribution in [3.05, 3.63) is 17.7 Å². The number of nitrogen functional groups attached to an aromatic ring is 1. The summed E-state index contributed by atoms with van der Waals surface area (Å²) in [5.41, 5.74) is 6.98. The summed E-state index contributed by atoms with van der Waals surface area (Å²) < 4.78 is 43.1. The van der Waals surface area contributed by atoms with Gasteiger partial charge in [0.15, 0.2) is 0 Å². The van der Waals surface area contributed by atoms with Crippen LogP contribution in [0.3, 0.4) is 0 Å². The minimum atomic E-state index is -3.67. The highest BCUT2D eigenvalue weighted by Crippen LogP contribution is 2.31. The van der Waals surface area contributed by atoms with Crippen molar-refractivity contribution in [2.75, 3.05) is 37.4 Å². The molecule has 0 radical (unpaired) electrons. The molecule has 0 aromatic heterocycles. The Balaban J connectivity index is 2.43. The van der Waals surface area contributed by atoms with Crippen LogP contribution in [0.2, 0.25) is 0 Å². The summed E-state index contributed by atoms with van der Waals surface area (Å²) in [5.74, 6) is 1.01. The zero-order chi connectivity index (χ0) is 14.9. The van der Waals surface area contributed by atoms with Gasteiger partial charge in [-0.1, -0.05) is 0 Å². The van der Waals surface area contributed by atoms with Gasteiger partial charge in [0, 0.05) is 41.1 Å². The van der Waals surface area contributed by atoms with Crippen molar-refractivity contribution >= 4 is 26.5 Å². The Kier molecular flexibility index (Phi) is 4.36. The molecule has 8 heteroatoms. The van der Waals surface area contributed by atoms with Crippen LogP contribution in [0.1, 0.15) is 5.56 Å². The van der Waals surface area contributed by atoms with Crippen LogP contribution in [0.5, 0.6) is 5.75 Å². The lowest BCUT2D eigenvalue weighted by molar-refractivity contribution is 0.394. The second kappa shape index (κ2) is 5.71. The van der Waals surface area contributed by atoms with Gasteiger partial charge in [-0.3, -0.25) is 4.21 Å². The zero-order valence-electron chi connectivity index (χ0n) is 11.5. The predicted octanol–water partition coefficient (Wildman–Crippen LogP) is 0.339. The number of methoxy groups -OCH3 is 1. The molecular formula is C12H18N2O4S2. The summed E-state index contributed by atoms with van der Waals surface area (Å²) in [4.78, 5) is 0.0655. The molecule has 1 heterocycles. The summed E-state index contributed by atoms with van der Waals surface area (Å²) in [5, 5.41) is 0. The first-order valence-corrected chi connectivity index (χ1v) is 9.08. The van der Waals surface area contributed by atoms with E-state index in [4.69, 9.17) is 10.5 Å². The van der Waals surface area contributed by atoms with Gasteiger partial charge in [-0.2, -0.15) is 4.31 Å². The molecule has 6 nitrogen and oxygen atoms in total. The van der Waals surface area contributed by atoms with Crippen LogP contribution in [0.4, 0.5) is 5.69 Å². The first-order chi connectivity index (χ1) is 9.36. The van der Waals surface area contributed by atoms with Crippen molar-refractivity contribution in [1.29, 1.82) is 0 Å². The van der Waals surface area contributed by atoms with E-state index in [1.807, 2.05) is 0 Å². The van der Waals surface area contributed by atoms with E-state index in [0.717, 1.165) is 5.56 Å². The molecule has 112 valence electrons. The van der Waals surface area contributed by atoms with E-state index in [1.165, 1.54) is 17.5 Å². The Morgan fingerprint density at radius 2 is 1.90 bits per heavy atom. The average Bonchev–Trinajstić information content (AvgIpc) is 2.41. The molecule has 0 spiro atoms. The van der Waals surface area contributed by atoms with Crippen LogP contribution in [-0.4, -0.2) is 48.6 Å². The third-order valence-corrected chi connectivity index (χ3v) is 6.50. The van der Waals surface area contributed by atoms with E-state index in [2.05, 4.69) is 0 Å². The van der Waals surface area contributed by atoms with Gasteiger partial charge in [0.05, 0.1) is 7.11 Å². The molecular weight excluding hydrogens is 300 g/mol. The largest absolute Gasteiger partial charge is 0.495 e. The molecule has 0 unspecified atom stereocenters. The van der Waals surface area contributed by atoms with E-state index in [-0.39, 0.29) is 23.7 Å². The van der Waals surface area contributed by atoms with E-state index in [1.54, 1.807) is 13.0 Å². The fraction of sp³-hybridized carbons (Fsp3) is 0.500. The van der Waals surface area contributed by atoms with Crippen LogP contribution >= 0.6 is 0 Å². The minimum Gasteiger partial charge on any atom is -0.495 e. The predicted molar refractivity (Wildman–Crippen MR) is 78.8 cm³/mol. The number of rotatable bonds is 3. The highest BCUT2D eigenvalue weighted by molar-refractivity contribution is 7.89. The summed E-state index contributed by atoms with van der Waals surface area (Å²) in [6.45, 7) is 2.30. The normalized spacial score (nSPS) is 18.1. The van der Waals surface area contributed by atoms with Gasteiger partial charge in [-0.05, 0) is 24.6 Å². The van der Waals surface area contributed by atoms with Crippen molar-refractivity contribution in [2.24, 2.45) is 0 Å². The van der Waals surface area contributed by atoms with Crippen molar-refractivity contribution in [2.45, 2.75) is 11.8 Å². The molecule has 0 amide bonds. The van der Waals surface area contributed by atoms with Crippen molar-refractivity contribution in [1.82, 2.24) is 4.31 Å².